The molecule has 4 nitrogen and oxygen atoms in total. The van der Waals surface area contributed by atoms with Gasteiger partial charge in [-0.1, -0.05) is 11.6 Å². The molecule has 0 saturated heterocycles. The van der Waals surface area contributed by atoms with Crippen LogP contribution < -0.4 is 10.1 Å². The summed E-state index contributed by atoms with van der Waals surface area (Å²) in [6.45, 7) is 0. The van der Waals surface area contributed by atoms with Crippen molar-refractivity contribution in [2.24, 2.45) is 0 Å². The average Bonchev–Trinajstić information content (AvgIpc) is 2.39. The minimum absolute atomic E-state index is 0.239. The van der Waals surface area contributed by atoms with Crippen LogP contribution in [0.25, 0.3) is 0 Å². The van der Waals surface area contributed by atoms with Gasteiger partial charge in [0, 0.05) is 11.2 Å². The van der Waals surface area contributed by atoms with Crippen LogP contribution in [0.15, 0.2) is 36.5 Å². The van der Waals surface area contributed by atoms with Gasteiger partial charge in [0.25, 0.3) is 5.91 Å². The van der Waals surface area contributed by atoms with Crippen molar-refractivity contribution in [3.05, 3.63) is 53.1 Å². The monoisotopic (exact) mass is 280 g/mol. The summed E-state index contributed by atoms with van der Waals surface area (Å²) in [7, 11) is 1.48. The predicted octanol–water partition coefficient (Wildman–Crippen LogP) is 3.14. The summed E-state index contributed by atoms with van der Waals surface area (Å²) in [5.41, 5.74) is 0.674. The Morgan fingerprint density at radius 2 is 2.16 bits per heavy atom. The fraction of sp³-hybridized carbons (Fsp3) is 0.0769. The van der Waals surface area contributed by atoms with Crippen molar-refractivity contribution in [1.29, 1.82) is 0 Å². The molecule has 1 heterocycles. The number of nitrogens with one attached hydrogen (secondary N) is 1. The maximum absolute atomic E-state index is 12.7. The van der Waals surface area contributed by atoms with E-state index in [-0.39, 0.29) is 5.56 Å². The second kappa shape index (κ2) is 5.67. The van der Waals surface area contributed by atoms with Gasteiger partial charge < -0.3 is 10.1 Å². The number of anilines is 1. The van der Waals surface area contributed by atoms with Gasteiger partial charge in [0.15, 0.2) is 0 Å². The van der Waals surface area contributed by atoms with Gasteiger partial charge in [-0.15, -0.1) is 0 Å². The van der Waals surface area contributed by atoms with Crippen molar-refractivity contribution in [3.63, 3.8) is 0 Å². The molecular weight excluding hydrogens is 271 g/mol. The predicted molar refractivity (Wildman–Crippen MR) is 70.2 cm³/mol. The maximum atomic E-state index is 12.7. The van der Waals surface area contributed by atoms with Gasteiger partial charge in [-0.2, -0.15) is 4.39 Å². The summed E-state index contributed by atoms with van der Waals surface area (Å²) < 4.78 is 17.8. The Kier molecular flexibility index (Phi) is 3.97. The first kappa shape index (κ1) is 13.3. The third-order valence-corrected chi connectivity index (χ3v) is 2.63. The number of hydrogen-bond acceptors (Lipinski definition) is 3. The molecule has 0 aliphatic heterocycles. The SMILES string of the molecule is COc1ccc(Cl)cc1NC(=O)c1ccc(F)nc1. The first-order valence-corrected chi connectivity index (χ1v) is 5.74. The van der Waals surface area contributed by atoms with E-state index in [1.165, 1.54) is 13.2 Å². The molecule has 1 amide bonds. The number of pyridine rings is 1. The topological polar surface area (TPSA) is 51.2 Å². The molecule has 0 unspecified atom stereocenters. The molecule has 19 heavy (non-hydrogen) atoms. The lowest BCUT2D eigenvalue weighted by atomic mass is 10.2. The second-order valence-corrected chi connectivity index (χ2v) is 4.10. The molecule has 1 N–H and O–H groups in total. The average molecular weight is 281 g/mol. The van der Waals surface area contributed by atoms with Crippen molar-refractivity contribution < 1.29 is 13.9 Å². The van der Waals surface area contributed by atoms with Crippen LogP contribution in [0.2, 0.25) is 5.02 Å². The number of carbonyl (C=O) groups is 1. The van der Waals surface area contributed by atoms with Gasteiger partial charge in [-0.3, -0.25) is 4.79 Å². The number of rotatable bonds is 3. The summed E-state index contributed by atoms with van der Waals surface area (Å²) in [6, 6.07) is 7.31. The maximum Gasteiger partial charge on any atom is 0.257 e. The van der Waals surface area contributed by atoms with Gasteiger partial charge in [0.05, 0.1) is 18.4 Å². The molecule has 2 rings (SSSR count). The fourth-order valence-corrected chi connectivity index (χ4v) is 1.65. The van der Waals surface area contributed by atoms with Crippen LogP contribution in [0.3, 0.4) is 0 Å². The Morgan fingerprint density at radius 3 is 2.79 bits per heavy atom. The van der Waals surface area contributed by atoms with Crippen LogP contribution in [0, 0.1) is 5.95 Å². The van der Waals surface area contributed by atoms with E-state index in [0.717, 1.165) is 12.3 Å². The van der Waals surface area contributed by atoms with Gasteiger partial charge >= 0.3 is 0 Å². The Bertz CT molecular complexity index is 602. The summed E-state index contributed by atoms with van der Waals surface area (Å²) in [5.74, 6) is -0.585. The van der Waals surface area contributed by atoms with E-state index in [0.29, 0.717) is 16.5 Å². The third-order valence-electron chi connectivity index (χ3n) is 2.40. The van der Waals surface area contributed by atoms with E-state index in [2.05, 4.69) is 10.3 Å². The number of carbonyl (C=O) groups excluding carboxylic acids is 1. The van der Waals surface area contributed by atoms with Crippen LogP contribution in [0.1, 0.15) is 10.4 Å². The molecule has 98 valence electrons. The highest BCUT2D eigenvalue weighted by atomic mass is 35.5. The Balaban J connectivity index is 2.23. The second-order valence-electron chi connectivity index (χ2n) is 3.67. The van der Waals surface area contributed by atoms with Crippen molar-refractivity contribution in [2.45, 2.75) is 0 Å². The van der Waals surface area contributed by atoms with Crippen molar-refractivity contribution in [3.8, 4) is 5.75 Å². The molecular formula is C13H10ClFN2O2. The van der Waals surface area contributed by atoms with Crippen molar-refractivity contribution in [2.75, 3.05) is 12.4 Å². The van der Waals surface area contributed by atoms with Crippen LogP contribution >= 0.6 is 11.6 Å². The highest BCUT2D eigenvalue weighted by molar-refractivity contribution is 6.31. The lowest BCUT2D eigenvalue weighted by molar-refractivity contribution is 0.102. The van der Waals surface area contributed by atoms with Gasteiger partial charge in [-0.05, 0) is 30.3 Å². The van der Waals surface area contributed by atoms with Crippen LogP contribution in [-0.4, -0.2) is 18.0 Å². The quantitative estimate of drug-likeness (QED) is 0.879. The molecule has 0 aliphatic carbocycles. The Hall–Kier alpha value is -2.14. The fourth-order valence-electron chi connectivity index (χ4n) is 1.48. The Morgan fingerprint density at radius 1 is 1.37 bits per heavy atom. The van der Waals surface area contributed by atoms with Crippen molar-refractivity contribution in [1.82, 2.24) is 4.98 Å². The molecule has 1 aromatic carbocycles. The lowest BCUT2D eigenvalue weighted by Crippen LogP contribution is -2.13. The van der Waals surface area contributed by atoms with E-state index < -0.39 is 11.9 Å². The highest BCUT2D eigenvalue weighted by Crippen LogP contribution is 2.27. The molecule has 0 radical (unpaired) electrons. The third kappa shape index (κ3) is 3.20. The summed E-state index contributed by atoms with van der Waals surface area (Å²) in [6.07, 6.45) is 1.15. The number of nitrogens with zero attached hydrogens (tertiary/aromatic N) is 1. The standard InChI is InChI=1S/C13H10ClFN2O2/c1-19-11-4-3-9(14)6-10(11)17-13(18)8-2-5-12(15)16-7-8/h2-7H,1H3,(H,17,18). The number of amides is 1. The first-order chi connectivity index (χ1) is 9.10. The van der Waals surface area contributed by atoms with E-state index in [1.54, 1.807) is 18.2 Å². The van der Waals surface area contributed by atoms with E-state index in [9.17, 15) is 9.18 Å². The van der Waals surface area contributed by atoms with Gasteiger partial charge in [-0.25, -0.2) is 4.98 Å². The molecule has 0 atom stereocenters. The van der Waals surface area contributed by atoms with Crippen molar-refractivity contribution >= 4 is 23.2 Å². The van der Waals surface area contributed by atoms with Crippen LogP contribution in [0.5, 0.6) is 5.75 Å². The van der Waals surface area contributed by atoms with Crippen LogP contribution in [0.4, 0.5) is 10.1 Å². The largest absolute Gasteiger partial charge is 0.495 e. The molecule has 0 aliphatic rings. The lowest BCUT2D eigenvalue weighted by Gasteiger charge is -2.10. The molecule has 0 spiro atoms. The first-order valence-electron chi connectivity index (χ1n) is 5.36. The van der Waals surface area contributed by atoms with Crippen LogP contribution in [-0.2, 0) is 0 Å². The minimum atomic E-state index is -0.642. The summed E-state index contributed by atoms with van der Waals surface area (Å²) >= 11 is 5.86. The number of ether oxygens (including phenoxy) is 1. The zero-order chi connectivity index (χ0) is 13.8. The smallest absolute Gasteiger partial charge is 0.257 e. The Labute approximate surface area is 114 Å². The highest BCUT2D eigenvalue weighted by Gasteiger charge is 2.10. The normalized spacial score (nSPS) is 10.1. The van der Waals surface area contributed by atoms with E-state index in [4.69, 9.17) is 16.3 Å². The molecule has 6 heteroatoms. The zero-order valence-corrected chi connectivity index (χ0v) is 10.7. The molecule has 0 bridgehead atoms. The molecule has 2 aromatic rings. The zero-order valence-electron chi connectivity index (χ0n) is 9.98. The van der Waals surface area contributed by atoms with E-state index >= 15 is 0 Å². The minimum Gasteiger partial charge on any atom is -0.495 e. The molecule has 0 saturated carbocycles. The molecule has 1 aromatic heterocycles. The summed E-state index contributed by atoms with van der Waals surface area (Å²) in [5, 5.41) is 3.09. The van der Waals surface area contributed by atoms with Gasteiger partial charge in [0.1, 0.15) is 5.75 Å². The number of aromatic nitrogens is 1. The number of hydrogen-bond donors (Lipinski definition) is 1. The summed E-state index contributed by atoms with van der Waals surface area (Å²) in [4.78, 5) is 15.3. The number of methoxy groups -OCH3 is 1. The number of halogens is 2. The number of benzene rings is 1. The van der Waals surface area contributed by atoms with E-state index in [1.807, 2.05) is 0 Å². The molecule has 0 fully saturated rings. The van der Waals surface area contributed by atoms with Gasteiger partial charge in [0.2, 0.25) is 5.95 Å².